The molecular weight excluding hydrogens is 247 g/mol. The molecule has 1 rings (SSSR count). The van der Waals surface area contributed by atoms with E-state index in [0.717, 1.165) is 0 Å². The number of hydrogen-bond acceptors (Lipinski definition) is 4. The summed E-state index contributed by atoms with van der Waals surface area (Å²) in [6.45, 7) is 0. The standard InChI is InChI=1S/C7H4F3N3O2S/c8-5-3(2-11)1-4(16(12,14)15)13-6(5)7(9)10/h1,7H,(H2,12,14,15). The molecule has 1 aromatic heterocycles. The maximum absolute atomic E-state index is 13.1. The van der Waals surface area contributed by atoms with Crippen LogP contribution in [-0.2, 0) is 10.0 Å². The van der Waals surface area contributed by atoms with Crippen molar-refractivity contribution in [1.29, 1.82) is 5.26 Å². The SMILES string of the molecule is N#Cc1cc(S(N)(=O)=O)nc(C(F)F)c1F. The molecule has 0 spiro atoms. The molecule has 0 saturated heterocycles. The van der Waals surface area contributed by atoms with E-state index in [1.165, 1.54) is 6.07 Å². The van der Waals surface area contributed by atoms with Gasteiger partial charge in [0.15, 0.2) is 10.8 Å². The monoisotopic (exact) mass is 251 g/mol. The predicted molar refractivity (Wildman–Crippen MR) is 45.2 cm³/mol. The quantitative estimate of drug-likeness (QED) is 0.835. The molecule has 0 radical (unpaired) electrons. The molecule has 0 fully saturated rings. The van der Waals surface area contributed by atoms with Gasteiger partial charge in [0.1, 0.15) is 11.8 Å². The average molecular weight is 251 g/mol. The summed E-state index contributed by atoms with van der Waals surface area (Å²) in [6.07, 6.45) is -3.34. The van der Waals surface area contributed by atoms with E-state index in [9.17, 15) is 21.6 Å². The Bertz CT molecular complexity index is 565. The second-order valence-corrected chi connectivity index (χ2v) is 4.17. The number of nitrogens with two attached hydrogens (primary N) is 1. The molecule has 0 aromatic carbocycles. The molecule has 0 bridgehead atoms. The number of primary sulfonamides is 1. The van der Waals surface area contributed by atoms with E-state index in [1.807, 2.05) is 0 Å². The second kappa shape index (κ2) is 4.07. The highest BCUT2D eigenvalue weighted by Crippen LogP contribution is 2.23. The van der Waals surface area contributed by atoms with Crippen LogP contribution >= 0.6 is 0 Å². The summed E-state index contributed by atoms with van der Waals surface area (Å²) in [4.78, 5) is 2.86. The summed E-state index contributed by atoms with van der Waals surface area (Å²) >= 11 is 0. The van der Waals surface area contributed by atoms with Crippen LogP contribution in [0.2, 0.25) is 0 Å². The van der Waals surface area contributed by atoms with Crippen molar-refractivity contribution in [2.24, 2.45) is 5.14 Å². The van der Waals surface area contributed by atoms with Gasteiger partial charge in [-0.2, -0.15) is 5.26 Å². The molecule has 5 nitrogen and oxygen atoms in total. The maximum atomic E-state index is 13.1. The zero-order valence-electron chi connectivity index (χ0n) is 7.49. The Morgan fingerprint density at radius 1 is 1.50 bits per heavy atom. The van der Waals surface area contributed by atoms with Gasteiger partial charge < -0.3 is 0 Å². The highest BCUT2D eigenvalue weighted by Gasteiger charge is 2.23. The smallest absolute Gasteiger partial charge is 0.231 e. The Morgan fingerprint density at radius 3 is 2.44 bits per heavy atom. The van der Waals surface area contributed by atoms with E-state index in [-0.39, 0.29) is 0 Å². The largest absolute Gasteiger partial charge is 0.283 e. The summed E-state index contributed by atoms with van der Waals surface area (Å²) < 4.78 is 59.3. The molecule has 0 amide bonds. The number of nitrogens with zero attached hydrogens (tertiary/aromatic N) is 2. The van der Waals surface area contributed by atoms with Crippen LogP contribution in [0, 0.1) is 17.1 Å². The molecule has 0 unspecified atom stereocenters. The summed E-state index contributed by atoms with van der Waals surface area (Å²) in [5.41, 5.74) is -2.27. The lowest BCUT2D eigenvalue weighted by molar-refractivity contribution is 0.139. The molecule has 0 aliphatic rings. The van der Waals surface area contributed by atoms with Crippen molar-refractivity contribution in [2.45, 2.75) is 11.5 Å². The van der Waals surface area contributed by atoms with E-state index in [2.05, 4.69) is 10.1 Å². The fraction of sp³-hybridized carbons (Fsp3) is 0.143. The van der Waals surface area contributed by atoms with Gasteiger partial charge in [0, 0.05) is 0 Å². The normalized spacial score (nSPS) is 11.5. The third kappa shape index (κ3) is 2.29. The van der Waals surface area contributed by atoms with Crippen LogP contribution in [0.4, 0.5) is 13.2 Å². The molecule has 9 heteroatoms. The Hall–Kier alpha value is -1.66. The highest BCUT2D eigenvalue weighted by atomic mass is 32.2. The fourth-order valence-corrected chi connectivity index (χ4v) is 1.40. The van der Waals surface area contributed by atoms with Crippen LogP contribution in [0.25, 0.3) is 0 Å². The molecule has 86 valence electrons. The average Bonchev–Trinajstić information content (AvgIpc) is 2.15. The van der Waals surface area contributed by atoms with Gasteiger partial charge in [0.05, 0.1) is 5.56 Å². The molecule has 16 heavy (non-hydrogen) atoms. The summed E-state index contributed by atoms with van der Waals surface area (Å²) in [5, 5.41) is 12.1. The van der Waals surface area contributed by atoms with Crippen molar-refractivity contribution in [3.63, 3.8) is 0 Å². The first-order valence-electron chi connectivity index (χ1n) is 3.69. The van der Waals surface area contributed by atoms with Crippen molar-refractivity contribution in [3.8, 4) is 6.07 Å². The number of aromatic nitrogens is 1. The lowest BCUT2D eigenvalue weighted by atomic mass is 10.2. The molecule has 0 aliphatic heterocycles. The van der Waals surface area contributed by atoms with Crippen LogP contribution in [-0.4, -0.2) is 13.4 Å². The predicted octanol–water partition coefficient (Wildman–Crippen LogP) is 0.677. The summed E-state index contributed by atoms with van der Waals surface area (Å²) in [7, 11) is -4.37. The number of hydrogen-bond donors (Lipinski definition) is 1. The molecule has 0 atom stereocenters. The molecule has 0 aliphatic carbocycles. The Kier molecular flexibility index (Phi) is 3.16. The number of alkyl halides is 2. The zero-order valence-corrected chi connectivity index (χ0v) is 8.30. The van der Waals surface area contributed by atoms with Crippen molar-refractivity contribution >= 4 is 10.0 Å². The van der Waals surface area contributed by atoms with Gasteiger partial charge in [0.2, 0.25) is 0 Å². The van der Waals surface area contributed by atoms with E-state index in [0.29, 0.717) is 6.07 Å². The third-order valence-electron chi connectivity index (χ3n) is 1.58. The molecule has 1 heterocycles. The Balaban J connectivity index is 3.61. The van der Waals surface area contributed by atoms with E-state index in [1.54, 1.807) is 0 Å². The zero-order chi connectivity index (χ0) is 12.5. The summed E-state index contributed by atoms with van der Waals surface area (Å²) in [6, 6.07) is 1.73. The van der Waals surface area contributed by atoms with E-state index >= 15 is 0 Å². The Morgan fingerprint density at radius 2 is 2.06 bits per heavy atom. The molecule has 1 aromatic rings. The van der Waals surface area contributed by atoms with E-state index in [4.69, 9.17) is 5.26 Å². The van der Waals surface area contributed by atoms with Gasteiger partial charge in [-0.25, -0.2) is 31.7 Å². The first-order valence-corrected chi connectivity index (χ1v) is 5.23. The van der Waals surface area contributed by atoms with Crippen LogP contribution < -0.4 is 5.14 Å². The minimum absolute atomic E-state index is 0.497. The number of rotatable bonds is 2. The lowest BCUT2D eigenvalue weighted by Gasteiger charge is -2.05. The second-order valence-electron chi connectivity index (χ2n) is 2.66. The number of sulfonamides is 1. The van der Waals surface area contributed by atoms with Crippen LogP contribution in [0.5, 0.6) is 0 Å². The van der Waals surface area contributed by atoms with Gasteiger partial charge in [-0.05, 0) is 6.07 Å². The number of halogens is 3. The minimum atomic E-state index is -4.37. The summed E-state index contributed by atoms with van der Waals surface area (Å²) in [5.74, 6) is -1.55. The number of nitriles is 1. The third-order valence-corrected chi connectivity index (χ3v) is 2.37. The van der Waals surface area contributed by atoms with Gasteiger partial charge in [0.25, 0.3) is 16.4 Å². The minimum Gasteiger partial charge on any atom is -0.231 e. The molecule has 2 N–H and O–H groups in total. The molecule has 0 saturated carbocycles. The van der Waals surface area contributed by atoms with Gasteiger partial charge >= 0.3 is 0 Å². The lowest BCUT2D eigenvalue weighted by Crippen LogP contribution is -2.16. The van der Waals surface area contributed by atoms with Crippen molar-refractivity contribution in [1.82, 2.24) is 4.98 Å². The highest BCUT2D eigenvalue weighted by molar-refractivity contribution is 7.89. The van der Waals surface area contributed by atoms with Crippen molar-refractivity contribution in [2.75, 3.05) is 0 Å². The van der Waals surface area contributed by atoms with Gasteiger partial charge in [-0.15, -0.1) is 0 Å². The van der Waals surface area contributed by atoms with Crippen molar-refractivity contribution in [3.05, 3.63) is 23.1 Å². The van der Waals surface area contributed by atoms with Crippen LogP contribution in [0.1, 0.15) is 17.7 Å². The first kappa shape index (κ1) is 12.4. The molecular formula is C7H4F3N3O2S. The van der Waals surface area contributed by atoms with Crippen LogP contribution in [0.3, 0.4) is 0 Å². The van der Waals surface area contributed by atoms with Crippen LogP contribution in [0.15, 0.2) is 11.1 Å². The fourth-order valence-electron chi connectivity index (χ4n) is 0.897. The first-order chi connectivity index (χ1) is 7.27. The van der Waals surface area contributed by atoms with Crippen molar-refractivity contribution < 1.29 is 21.6 Å². The topological polar surface area (TPSA) is 96.8 Å². The number of pyridine rings is 1. The maximum Gasteiger partial charge on any atom is 0.283 e. The Labute approximate surface area is 88.4 Å². The van der Waals surface area contributed by atoms with Gasteiger partial charge in [-0.1, -0.05) is 0 Å². The van der Waals surface area contributed by atoms with E-state index < -0.39 is 38.5 Å². The van der Waals surface area contributed by atoms with Gasteiger partial charge in [-0.3, -0.25) is 0 Å².